The Bertz CT molecular complexity index is 403. The summed E-state index contributed by atoms with van der Waals surface area (Å²) in [6.07, 6.45) is 6.75. The molecule has 0 atom stereocenters. The van der Waals surface area contributed by atoms with Gasteiger partial charge in [-0.05, 0) is 31.7 Å². The molecule has 18 heavy (non-hydrogen) atoms. The van der Waals surface area contributed by atoms with Crippen LogP contribution in [-0.4, -0.2) is 17.0 Å². The normalized spacial score (nSPS) is 16.0. The van der Waals surface area contributed by atoms with Crippen molar-refractivity contribution in [3.05, 3.63) is 23.3 Å². The van der Waals surface area contributed by atoms with E-state index in [-0.39, 0.29) is 0 Å². The molecule has 3 nitrogen and oxygen atoms in total. The van der Waals surface area contributed by atoms with Crippen LogP contribution < -0.4 is 5.32 Å². The van der Waals surface area contributed by atoms with Crippen LogP contribution in [-0.2, 0) is 13.0 Å². The van der Waals surface area contributed by atoms with E-state index in [0.29, 0.717) is 11.3 Å². The maximum absolute atomic E-state index is 4.81. The van der Waals surface area contributed by atoms with Crippen LogP contribution in [0.4, 0.5) is 0 Å². The second-order valence-electron chi connectivity index (χ2n) is 6.56. The highest BCUT2D eigenvalue weighted by Crippen LogP contribution is 2.40. The minimum Gasteiger partial charge on any atom is -0.316 e. The van der Waals surface area contributed by atoms with E-state index < -0.39 is 0 Å². The summed E-state index contributed by atoms with van der Waals surface area (Å²) in [5.41, 5.74) is 2.93. The molecule has 0 bridgehead atoms. The van der Waals surface area contributed by atoms with Gasteiger partial charge in [0.05, 0.1) is 5.69 Å². The average molecular weight is 247 g/mol. The zero-order valence-corrected chi connectivity index (χ0v) is 12.1. The first-order chi connectivity index (χ1) is 8.49. The van der Waals surface area contributed by atoms with Crippen LogP contribution in [0.5, 0.6) is 0 Å². The lowest BCUT2D eigenvalue weighted by molar-refractivity contribution is 0.374. The van der Waals surface area contributed by atoms with E-state index in [0.717, 1.165) is 25.2 Å². The van der Waals surface area contributed by atoms with Gasteiger partial charge < -0.3 is 5.32 Å². The summed E-state index contributed by atoms with van der Waals surface area (Å²) in [4.78, 5) is 9.33. The van der Waals surface area contributed by atoms with Crippen molar-refractivity contribution in [2.45, 2.75) is 58.9 Å². The molecular formula is C15H25N3. The fraction of sp³-hybridized carbons (Fsp3) is 0.733. The number of aromatic nitrogens is 2. The molecule has 0 saturated heterocycles. The van der Waals surface area contributed by atoms with Gasteiger partial charge in [0, 0.05) is 30.6 Å². The third-order valence-electron chi connectivity index (χ3n) is 3.38. The van der Waals surface area contributed by atoms with Crippen LogP contribution in [0.2, 0.25) is 0 Å². The summed E-state index contributed by atoms with van der Waals surface area (Å²) < 4.78 is 0. The Balaban J connectivity index is 2.10. The van der Waals surface area contributed by atoms with E-state index in [1.165, 1.54) is 24.1 Å². The topological polar surface area (TPSA) is 37.8 Å². The van der Waals surface area contributed by atoms with E-state index in [1.54, 1.807) is 0 Å². The Kier molecular flexibility index (Phi) is 4.00. The minimum absolute atomic E-state index is 0.354. The molecule has 0 amide bonds. The van der Waals surface area contributed by atoms with Crippen LogP contribution in [0.1, 0.15) is 63.0 Å². The van der Waals surface area contributed by atoms with Crippen LogP contribution in [0.25, 0.3) is 0 Å². The monoisotopic (exact) mass is 247 g/mol. The Morgan fingerprint density at radius 3 is 2.61 bits per heavy atom. The van der Waals surface area contributed by atoms with Gasteiger partial charge in [0.25, 0.3) is 0 Å². The molecule has 0 aromatic carbocycles. The summed E-state index contributed by atoms with van der Waals surface area (Å²) in [6, 6.07) is 0. The van der Waals surface area contributed by atoms with Crippen molar-refractivity contribution in [3.63, 3.8) is 0 Å². The Morgan fingerprint density at radius 1 is 1.33 bits per heavy atom. The average Bonchev–Trinajstić information content (AvgIpc) is 3.11. The molecule has 0 aliphatic heterocycles. The first-order valence-corrected chi connectivity index (χ1v) is 6.99. The Morgan fingerprint density at radius 2 is 2.06 bits per heavy atom. The molecule has 0 unspecified atom stereocenters. The second kappa shape index (κ2) is 5.35. The van der Waals surface area contributed by atoms with Gasteiger partial charge in [0.1, 0.15) is 5.82 Å². The van der Waals surface area contributed by atoms with Crippen molar-refractivity contribution in [1.82, 2.24) is 15.3 Å². The number of aryl methyl sites for hydroxylation is 1. The number of rotatable bonds is 5. The van der Waals surface area contributed by atoms with Gasteiger partial charge in [0.2, 0.25) is 0 Å². The summed E-state index contributed by atoms with van der Waals surface area (Å²) in [6.45, 7) is 7.68. The number of hydrogen-bond donors (Lipinski definition) is 1. The molecule has 1 saturated carbocycles. The maximum atomic E-state index is 4.81. The van der Waals surface area contributed by atoms with E-state index >= 15 is 0 Å². The highest BCUT2D eigenvalue weighted by molar-refractivity contribution is 5.25. The molecule has 0 spiro atoms. The zero-order valence-electron chi connectivity index (χ0n) is 12.1. The van der Waals surface area contributed by atoms with Crippen molar-refractivity contribution in [2.24, 2.45) is 5.41 Å². The molecule has 100 valence electrons. The van der Waals surface area contributed by atoms with Crippen molar-refractivity contribution in [1.29, 1.82) is 0 Å². The fourth-order valence-electron chi connectivity index (χ4n) is 2.10. The standard InChI is InChI=1S/C15H25N3/c1-15(2,3)8-7-13-17-10-12(9-16-4)14(18-13)11-5-6-11/h10-11,16H,5-9H2,1-4H3. The highest BCUT2D eigenvalue weighted by Gasteiger charge is 2.28. The SMILES string of the molecule is CNCc1cnc(CCC(C)(C)C)nc1C1CC1. The lowest BCUT2D eigenvalue weighted by atomic mass is 9.90. The fourth-order valence-corrected chi connectivity index (χ4v) is 2.10. The van der Waals surface area contributed by atoms with Gasteiger partial charge >= 0.3 is 0 Å². The van der Waals surface area contributed by atoms with Crippen LogP contribution >= 0.6 is 0 Å². The van der Waals surface area contributed by atoms with Gasteiger partial charge in [-0.3, -0.25) is 0 Å². The van der Waals surface area contributed by atoms with Crippen molar-refractivity contribution >= 4 is 0 Å². The Hall–Kier alpha value is -0.960. The van der Waals surface area contributed by atoms with Gasteiger partial charge in [-0.15, -0.1) is 0 Å². The van der Waals surface area contributed by atoms with Crippen molar-refractivity contribution < 1.29 is 0 Å². The number of nitrogens with zero attached hydrogens (tertiary/aromatic N) is 2. The molecule has 1 aromatic rings. The molecule has 2 rings (SSSR count). The first kappa shape index (κ1) is 13.5. The van der Waals surface area contributed by atoms with Gasteiger partial charge in [0.15, 0.2) is 0 Å². The van der Waals surface area contributed by atoms with Gasteiger partial charge in [-0.1, -0.05) is 20.8 Å². The minimum atomic E-state index is 0.354. The molecule has 0 radical (unpaired) electrons. The maximum Gasteiger partial charge on any atom is 0.128 e. The quantitative estimate of drug-likeness (QED) is 0.869. The summed E-state index contributed by atoms with van der Waals surface area (Å²) in [5, 5.41) is 3.20. The van der Waals surface area contributed by atoms with Crippen LogP contribution in [0.15, 0.2) is 6.20 Å². The van der Waals surface area contributed by atoms with Crippen molar-refractivity contribution in [3.8, 4) is 0 Å². The largest absolute Gasteiger partial charge is 0.316 e. The van der Waals surface area contributed by atoms with Crippen LogP contribution in [0.3, 0.4) is 0 Å². The zero-order chi connectivity index (χ0) is 13.2. The smallest absolute Gasteiger partial charge is 0.128 e. The molecule has 1 aliphatic rings. The highest BCUT2D eigenvalue weighted by atomic mass is 14.9. The predicted molar refractivity (Wildman–Crippen MR) is 74.5 cm³/mol. The first-order valence-electron chi connectivity index (χ1n) is 6.99. The molecule has 1 aliphatic carbocycles. The van der Waals surface area contributed by atoms with Gasteiger partial charge in [-0.25, -0.2) is 9.97 Å². The lowest BCUT2D eigenvalue weighted by Crippen LogP contribution is -2.13. The van der Waals surface area contributed by atoms with E-state index in [1.807, 2.05) is 13.2 Å². The molecular weight excluding hydrogens is 222 g/mol. The second-order valence-corrected chi connectivity index (χ2v) is 6.56. The number of nitrogens with one attached hydrogen (secondary N) is 1. The Labute approximate surface area is 110 Å². The lowest BCUT2D eigenvalue weighted by Gasteiger charge is -2.17. The molecule has 1 heterocycles. The van der Waals surface area contributed by atoms with Crippen molar-refractivity contribution in [2.75, 3.05) is 7.05 Å². The number of hydrogen-bond acceptors (Lipinski definition) is 3. The third kappa shape index (κ3) is 3.77. The van der Waals surface area contributed by atoms with E-state index in [9.17, 15) is 0 Å². The molecule has 3 heteroatoms. The molecule has 1 aromatic heterocycles. The van der Waals surface area contributed by atoms with E-state index in [4.69, 9.17) is 4.98 Å². The summed E-state index contributed by atoms with van der Waals surface area (Å²) in [5.74, 6) is 1.72. The molecule has 1 fully saturated rings. The molecule has 1 N–H and O–H groups in total. The predicted octanol–water partition coefficient (Wildman–Crippen LogP) is 3.05. The van der Waals surface area contributed by atoms with Crippen LogP contribution in [0, 0.1) is 5.41 Å². The third-order valence-corrected chi connectivity index (χ3v) is 3.38. The summed E-state index contributed by atoms with van der Waals surface area (Å²) >= 11 is 0. The van der Waals surface area contributed by atoms with Gasteiger partial charge in [-0.2, -0.15) is 0 Å². The summed E-state index contributed by atoms with van der Waals surface area (Å²) in [7, 11) is 1.98. The van der Waals surface area contributed by atoms with E-state index in [2.05, 4.69) is 31.1 Å².